The molecule has 2 aliphatic rings. The van der Waals surface area contributed by atoms with Crippen LogP contribution in [0.5, 0.6) is 0 Å². The summed E-state index contributed by atoms with van der Waals surface area (Å²) in [4.78, 5) is 13.9. The lowest BCUT2D eigenvalue weighted by molar-refractivity contribution is -0.187. The molecule has 3 nitrogen and oxygen atoms in total. The molecular weight excluding hydrogens is 281 g/mol. The van der Waals surface area contributed by atoms with Crippen molar-refractivity contribution >= 4 is 18.3 Å². The Morgan fingerprint density at radius 3 is 2.37 bits per heavy atom. The maximum atomic E-state index is 12.7. The number of carbonyl (C=O) groups excluding carboxylic acids is 1. The number of hydrogen-bond acceptors (Lipinski definition) is 2. The lowest BCUT2D eigenvalue weighted by atomic mass is 9.80. The minimum Gasteiger partial charge on any atom is -0.340 e. The van der Waals surface area contributed by atoms with Crippen LogP contribution in [0.2, 0.25) is 0 Å². The largest absolute Gasteiger partial charge is 0.391 e. The van der Waals surface area contributed by atoms with Crippen LogP contribution in [0.4, 0.5) is 13.2 Å². The third kappa shape index (κ3) is 4.24. The molecule has 0 aromatic carbocycles. The first-order chi connectivity index (χ1) is 8.48. The number of hydrogen-bond donors (Lipinski definition) is 1. The molecule has 1 aliphatic carbocycles. The number of piperazine rings is 1. The fourth-order valence-corrected chi connectivity index (χ4v) is 2.85. The molecule has 2 rings (SSSR count). The highest BCUT2D eigenvalue weighted by atomic mass is 35.5. The second kappa shape index (κ2) is 6.79. The number of alkyl halides is 3. The second-order valence-corrected chi connectivity index (χ2v) is 5.18. The molecule has 1 heterocycles. The molecule has 1 saturated carbocycles. The van der Waals surface area contributed by atoms with Gasteiger partial charge < -0.3 is 10.2 Å². The number of nitrogens with zero attached hydrogens (tertiary/aromatic N) is 1. The Morgan fingerprint density at radius 1 is 1.16 bits per heavy atom. The average Bonchev–Trinajstić information content (AvgIpc) is 2.38. The summed E-state index contributed by atoms with van der Waals surface area (Å²) in [5.41, 5.74) is 0. The second-order valence-electron chi connectivity index (χ2n) is 5.18. The zero-order valence-corrected chi connectivity index (χ0v) is 11.5. The van der Waals surface area contributed by atoms with E-state index in [1.54, 1.807) is 4.90 Å². The maximum Gasteiger partial charge on any atom is 0.391 e. The minimum absolute atomic E-state index is 0. The van der Waals surface area contributed by atoms with Crippen molar-refractivity contribution in [1.82, 2.24) is 10.2 Å². The molecule has 0 aromatic rings. The Balaban J connectivity index is 0.00000180. The van der Waals surface area contributed by atoms with Gasteiger partial charge >= 0.3 is 6.18 Å². The summed E-state index contributed by atoms with van der Waals surface area (Å²) in [6.07, 6.45) is -2.88. The van der Waals surface area contributed by atoms with E-state index in [0.29, 0.717) is 25.9 Å². The van der Waals surface area contributed by atoms with Gasteiger partial charge in [-0.05, 0) is 19.3 Å². The van der Waals surface area contributed by atoms with Gasteiger partial charge in [0, 0.05) is 32.1 Å². The van der Waals surface area contributed by atoms with Gasteiger partial charge in [0.05, 0.1) is 5.92 Å². The third-order valence-electron chi connectivity index (χ3n) is 3.92. The van der Waals surface area contributed by atoms with Crippen LogP contribution < -0.4 is 5.32 Å². The van der Waals surface area contributed by atoms with Gasteiger partial charge in [0.25, 0.3) is 0 Å². The summed E-state index contributed by atoms with van der Waals surface area (Å²) in [7, 11) is 0. The highest BCUT2D eigenvalue weighted by Gasteiger charge is 2.44. The molecule has 1 aliphatic heterocycles. The fourth-order valence-electron chi connectivity index (χ4n) is 2.85. The molecule has 19 heavy (non-hydrogen) atoms. The Bertz CT molecular complexity index is 306. The molecule has 2 atom stereocenters. The molecule has 7 heteroatoms. The lowest BCUT2D eigenvalue weighted by Crippen LogP contribution is -2.49. The minimum atomic E-state index is -4.15. The fraction of sp³-hybridized carbons (Fsp3) is 0.917. The topological polar surface area (TPSA) is 32.3 Å². The third-order valence-corrected chi connectivity index (χ3v) is 3.92. The van der Waals surface area contributed by atoms with E-state index in [2.05, 4.69) is 5.32 Å². The first kappa shape index (κ1) is 16.6. The first-order valence-corrected chi connectivity index (χ1v) is 6.54. The SMILES string of the molecule is Cl.O=C(C1CCCC(C(F)(F)F)C1)N1CCNCC1. The number of rotatable bonds is 1. The summed E-state index contributed by atoms with van der Waals surface area (Å²) in [6.45, 7) is 2.71. The van der Waals surface area contributed by atoms with E-state index in [0.717, 1.165) is 13.1 Å². The maximum absolute atomic E-state index is 12.7. The number of nitrogens with one attached hydrogen (secondary N) is 1. The van der Waals surface area contributed by atoms with Crippen molar-refractivity contribution < 1.29 is 18.0 Å². The van der Waals surface area contributed by atoms with Crippen LogP contribution in [0.1, 0.15) is 25.7 Å². The molecule has 0 radical (unpaired) electrons. The molecule has 1 amide bonds. The molecule has 0 bridgehead atoms. The molecule has 1 saturated heterocycles. The van der Waals surface area contributed by atoms with Crippen molar-refractivity contribution in [3.63, 3.8) is 0 Å². The van der Waals surface area contributed by atoms with Gasteiger partial charge in [-0.3, -0.25) is 4.79 Å². The standard InChI is InChI=1S/C12H19F3N2O.ClH/c13-12(14,15)10-3-1-2-9(8-10)11(18)17-6-4-16-5-7-17;/h9-10,16H,1-8H2;1H. The Kier molecular flexibility index (Phi) is 5.92. The van der Waals surface area contributed by atoms with Crippen molar-refractivity contribution in [2.75, 3.05) is 26.2 Å². The summed E-state index contributed by atoms with van der Waals surface area (Å²) >= 11 is 0. The monoisotopic (exact) mass is 300 g/mol. The van der Waals surface area contributed by atoms with Gasteiger partial charge in [-0.25, -0.2) is 0 Å². The van der Waals surface area contributed by atoms with Gasteiger partial charge in [0.15, 0.2) is 0 Å². The van der Waals surface area contributed by atoms with Crippen LogP contribution in [0.15, 0.2) is 0 Å². The van der Waals surface area contributed by atoms with Crippen molar-refractivity contribution in [3.8, 4) is 0 Å². The van der Waals surface area contributed by atoms with Gasteiger partial charge in [-0.2, -0.15) is 13.2 Å². The molecule has 2 fully saturated rings. The molecule has 112 valence electrons. The van der Waals surface area contributed by atoms with Crippen molar-refractivity contribution in [3.05, 3.63) is 0 Å². The number of halogens is 4. The van der Waals surface area contributed by atoms with Crippen LogP contribution in [0.3, 0.4) is 0 Å². The summed E-state index contributed by atoms with van der Waals surface area (Å²) in [6, 6.07) is 0. The van der Waals surface area contributed by atoms with Crippen LogP contribution in [0.25, 0.3) is 0 Å². The van der Waals surface area contributed by atoms with Crippen molar-refractivity contribution in [2.45, 2.75) is 31.9 Å². The normalized spacial score (nSPS) is 28.7. The van der Waals surface area contributed by atoms with Gasteiger partial charge in [0.2, 0.25) is 5.91 Å². The molecular formula is C12H20ClF3N2O. The number of carbonyl (C=O) groups is 1. The van der Waals surface area contributed by atoms with Gasteiger partial charge in [-0.15, -0.1) is 12.4 Å². The van der Waals surface area contributed by atoms with Crippen LogP contribution in [-0.2, 0) is 4.79 Å². The molecule has 1 N–H and O–H groups in total. The summed E-state index contributed by atoms with van der Waals surface area (Å²) in [5, 5.41) is 3.13. The zero-order valence-electron chi connectivity index (χ0n) is 10.7. The molecule has 0 spiro atoms. The van der Waals surface area contributed by atoms with E-state index in [4.69, 9.17) is 0 Å². The van der Waals surface area contributed by atoms with E-state index in [-0.39, 0.29) is 31.2 Å². The van der Waals surface area contributed by atoms with E-state index in [1.165, 1.54) is 0 Å². The van der Waals surface area contributed by atoms with Crippen LogP contribution in [0, 0.1) is 11.8 Å². The quantitative estimate of drug-likeness (QED) is 0.805. The molecule has 2 unspecified atom stereocenters. The van der Waals surface area contributed by atoms with Gasteiger partial charge in [0.1, 0.15) is 0 Å². The average molecular weight is 301 g/mol. The Hall–Kier alpha value is -0.490. The van der Waals surface area contributed by atoms with E-state index < -0.39 is 18.0 Å². The van der Waals surface area contributed by atoms with Crippen molar-refractivity contribution in [2.24, 2.45) is 11.8 Å². The molecule has 0 aromatic heterocycles. The van der Waals surface area contributed by atoms with Crippen LogP contribution in [-0.4, -0.2) is 43.2 Å². The summed E-state index contributed by atoms with van der Waals surface area (Å²) < 4.78 is 38.1. The highest BCUT2D eigenvalue weighted by molar-refractivity contribution is 5.85. The Morgan fingerprint density at radius 2 is 1.79 bits per heavy atom. The van der Waals surface area contributed by atoms with E-state index in [9.17, 15) is 18.0 Å². The predicted molar refractivity (Wildman–Crippen MR) is 68.2 cm³/mol. The number of amides is 1. The zero-order chi connectivity index (χ0) is 13.2. The highest BCUT2D eigenvalue weighted by Crippen LogP contribution is 2.40. The summed E-state index contributed by atoms with van der Waals surface area (Å²) in [5.74, 6) is -1.79. The first-order valence-electron chi connectivity index (χ1n) is 6.54. The van der Waals surface area contributed by atoms with Gasteiger partial charge in [-0.1, -0.05) is 6.42 Å². The van der Waals surface area contributed by atoms with Crippen molar-refractivity contribution in [1.29, 1.82) is 0 Å². The van der Waals surface area contributed by atoms with E-state index in [1.807, 2.05) is 0 Å². The predicted octanol–water partition coefficient (Wildman–Crippen LogP) is 2.21. The van der Waals surface area contributed by atoms with E-state index >= 15 is 0 Å². The lowest BCUT2D eigenvalue weighted by Gasteiger charge is -2.35. The smallest absolute Gasteiger partial charge is 0.340 e. The Labute approximate surface area is 117 Å². The van der Waals surface area contributed by atoms with Crippen LogP contribution >= 0.6 is 12.4 Å².